The molecule has 0 aromatic heterocycles. The van der Waals surface area contributed by atoms with Gasteiger partial charge in [-0.15, -0.1) is 0 Å². The Labute approximate surface area is 124 Å². The number of carbonyl (C=O) groups excluding carboxylic acids is 2. The molecule has 2 aromatic carbocycles. The molecule has 0 amide bonds. The molecule has 2 nitrogen and oxygen atoms in total. The summed E-state index contributed by atoms with van der Waals surface area (Å²) in [7, 11) is 0. The number of benzene rings is 2. The zero-order valence-corrected chi connectivity index (χ0v) is 11.7. The van der Waals surface area contributed by atoms with Crippen LogP contribution in [-0.2, 0) is 4.79 Å². The summed E-state index contributed by atoms with van der Waals surface area (Å²) in [5.74, 6) is -0.372. The molecule has 0 saturated carbocycles. The number of ketones is 1. The molecule has 0 heterocycles. The van der Waals surface area contributed by atoms with Crippen LogP contribution in [0.5, 0.6) is 0 Å². The molecule has 0 atom stereocenters. The van der Waals surface area contributed by atoms with Crippen LogP contribution < -0.4 is 0 Å². The van der Waals surface area contributed by atoms with E-state index >= 15 is 0 Å². The van der Waals surface area contributed by atoms with E-state index in [-0.39, 0.29) is 27.0 Å². The largest absolute Gasteiger partial charge is 0.288 e. The molecule has 0 spiro atoms. The molecule has 2 aromatic rings. The lowest BCUT2D eigenvalue weighted by atomic mass is 10.0. The second-order valence-corrected chi connectivity index (χ2v) is 4.94. The first-order valence-corrected chi connectivity index (χ1v) is 6.34. The Bertz CT molecular complexity index is 648. The minimum atomic E-state index is -0.372. The molecule has 0 saturated heterocycles. The first-order chi connectivity index (χ1) is 9.04. The van der Waals surface area contributed by atoms with E-state index in [0.717, 1.165) is 0 Å². The van der Waals surface area contributed by atoms with Gasteiger partial charge >= 0.3 is 0 Å². The molecule has 95 valence electrons. The number of carbonyl (C=O) groups is 1. The lowest BCUT2D eigenvalue weighted by molar-refractivity contribution is 0.103. The zero-order chi connectivity index (χ0) is 14.0. The standard InChI is InChI=1S/C14H6Cl3O2/c15-10-4-1-8(2-5-10)14(19)12-11(16)6-3-9(7-18)13(12)17/h1-6H. The van der Waals surface area contributed by atoms with Crippen LogP contribution in [-0.4, -0.2) is 12.1 Å². The Morgan fingerprint density at radius 2 is 1.58 bits per heavy atom. The summed E-state index contributed by atoms with van der Waals surface area (Å²) in [6.45, 7) is 0. The fourth-order valence-electron chi connectivity index (χ4n) is 1.59. The summed E-state index contributed by atoms with van der Waals surface area (Å²) in [5.41, 5.74) is 0.575. The fraction of sp³-hybridized carbons (Fsp3) is 0. The van der Waals surface area contributed by atoms with Crippen molar-refractivity contribution in [1.82, 2.24) is 0 Å². The average molecular weight is 313 g/mol. The third-order valence-corrected chi connectivity index (χ3v) is 3.49. The number of halogens is 3. The second kappa shape index (κ2) is 5.74. The summed E-state index contributed by atoms with van der Waals surface area (Å²) >= 11 is 17.7. The number of hydrogen-bond donors (Lipinski definition) is 0. The van der Waals surface area contributed by atoms with Crippen molar-refractivity contribution in [2.75, 3.05) is 0 Å². The van der Waals surface area contributed by atoms with Crippen LogP contribution in [0.15, 0.2) is 36.4 Å². The van der Waals surface area contributed by atoms with Crippen molar-refractivity contribution >= 4 is 46.9 Å². The smallest absolute Gasteiger partial charge is 0.235 e. The third-order valence-electron chi connectivity index (χ3n) is 2.53. The van der Waals surface area contributed by atoms with Gasteiger partial charge in [-0.3, -0.25) is 9.59 Å². The second-order valence-electron chi connectivity index (χ2n) is 3.72. The van der Waals surface area contributed by atoms with Crippen molar-refractivity contribution in [2.24, 2.45) is 0 Å². The fourth-order valence-corrected chi connectivity index (χ4v) is 2.29. The van der Waals surface area contributed by atoms with Gasteiger partial charge in [-0.2, -0.15) is 0 Å². The normalized spacial score (nSPS) is 10.3. The van der Waals surface area contributed by atoms with Crippen molar-refractivity contribution in [2.45, 2.75) is 0 Å². The van der Waals surface area contributed by atoms with Gasteiger partial charge in [0.25, 0.3) is 0 Å². The van der Waals surface area contributed by atoms with Gasteiger partial charge in [0.1, 0.15) is 0 Å². The van der Waals surface area contributed by atoms with Gasteiger partial charge < -0.3 is 0 Å². The molecule has 0 aliphatic rings. The van der Waals surface area contributed by atoms with Crippen LogP contribution >= 0.6 is 34.8 Å². The van der Waals surface area contributed by atoms with Crippen molar-refractivity contribution in [1.29, 1.82) is 0 Å². The highest BCUT2D eigenvalue weighted by Gasteiger charge is 2.19. The van der Waals surface area contributed by atoms with E-state index < -0.39 is 0 Å². The topological polar surface area (TPSA) is 34.1 Å². The first-order valence-electron chi connectivity index (χ1n) is 5.21. The molecule has 0 aliphatic heterocycles. The summed E-state index contributed by atoms with van der Waals surface area (Å²) in [4.78, 5) is 23.0. The monoisotopic (exact) mass is 311 g/mol. The van der Waals surface area contributed by atoms with Crippen LogP contribution in [0.2, 0.25) is 15.1 Å². The lowest BCUT2D eigenvalue weighted by Crippen LogP contribution is -2.04. The van der Waals surface area contributed by atoms with Crippen molar-refractivity contribution in [3.63, 3.8) is 0 Å². The van der Waals surface area contributed by atoms with E-state index in [1.54, 1.807) is 30.6 Å². The van der Waals surface area contributed by atoms with Crippen LogP contribution in [0.4, 0.5) is 0 Å². The predicted octanol–water partition coefficient (Wildman–Crippen LogP) is 4.34. The highest BCUT2D eigenvalue weighted by Crippen LogP contribution is 2.29. The molecule has 0 fully saturated rings. The maximum Gasteiger partial charge on any atom is 0.235 e. The maximum atomic E-state index is 12.3. The molecule has 5 heteroatoms. The molecule has 19 heavy (non-hydrogen) atoms. The van der Waals surface area contributed by atoms with Crippen LogP contribution in [0.25, 0.3) is 0 Å². The number of hydrogen-bond acceptors (Lipinski definition) is 2. The van der Waals surface area contributed by atoms with Crippen molar-refractivity contribution in [3.8, 4) is 0 Å². The van der Waals surface area contributed by atoms with E-state index in [1.165, 1.54) is 12.1 Å². The van der Waals surface area contributed by atoms with Crippen LogP contribution in [0.3, 0.4) is 0 Å². The van der Waals surface area contributed by atoms with Gasteiger partial charge in [0.15, 0.2) is 5.78 Å². The molecular formula is C14H6Cl3O2. The minimum absolute atomic E-state index is 0.00227. The van der Waals surface area contributed by atoms with E-state index in [1.807, 2.05) is 0 Å². The third kappa shape index (κ3) is 2.81. The Balaban J connectivity index is 2.55. The predicted molar refractivity (Wildman–Crippen MR) is 76.1 cm³/mol. The molecule has 0 N–H and O–H groups in total. The summed E-state index contributed by atoms with van der Waals surface area (Å²) in [5, 5.41) is 0.704. The first kappa shape index (κ1) is 14.1. The van der Waals surface area contributed by atoms with Crippen LogP contribution in [0.1, 0.15) is 21.5 Å². The molecule has 1 radical (unpaired) electrons. The van der Waals surface area contributed by atoms with Crippen molar-refractivity contribution in [3.05, 3.63) is 68.2 Å². The molecule has 0 bridgehead atoms. The van der Waals surface area contributed by atoms with E-state index in [4.69, 9.17) is 34.8 Å². The lowest BCUT2D eigenvalue weighted by Gasteiger charge is -2.07. The molecular weight excluding hydrogens is 307 g/mol. The van der Waals surface area contributed by atoms with Crippen LogP contribution in [0, 0.1) is 0 Å². The summed E-state index contributed by atoms with van der Waals surface area (Å²) in [6.07, 6.45) is 1.66. The molecule has 0 unspecified atom stereocenters. The van der Waals surface area contributed by atoms with Gasteiger partial charge in [0.05, 0.1) is 15.6 Å². The van der Waals surface area contributed by atoms with E-state index in [2.05, 4.69) is 0 Å². The highest BCUT2D eigenvalue weighted by atomic mass is 35.5. The average Bonchev–Trinajstić information content (AvgIpc) is 2.39. The van der Waals surface area contributed by atoms with Gasteiger partial charge in [-0.1, -0.05) is 34.8 Å². The van der Waals surface area contributed by atoms with Gasteiger partial charge in [-0.25, -0.2) is 0 Å². The van der Waals surface area contributed by atoms with E-state index in [9.17, 15) is 9.59 Å². The Kier molecular flexibility index (Phi) is 4.25. The SMILES string of the molecule is O=[C]c1ccc(Cl)c(C(=O)c2ccc(Cl)cc2)c1Cl. The number of rotatable bonds is 3. The highest BCUT2D eigenvalue weighted by molar-refractivity contribution is 6.42. The van der Waals surface area contributed by atoms with Gasteiger partial charge in [0.2, 0.25) is 6.29 Å². The van der Waals surface area contributed by atoms with Gasteiger partial charge in [0, 0.05) is 16.1 Å². The Morgan fingerprint density at radius 1 is 0.947 bits per heavy atom. The summed E-state index contributed by atoms with van der Waals surface area (Å²) in [6, 6.07) is 9.16. The maximum absolute atomic E-state index is 12.3. The zero-order valence-electron chi connectivity index (χ0n) is 9.41. The molecule has 0 aliphatic carbocycles. The Morgan fingerprint density at radius 3 is 2.16 bits per heavy atom. The quantitative estimate of drug-likeness (QED) is 0.790. The molecule has 2 rings (SSSR count). The Hall–Kier alpha value is -1.35. The minimum Gasteiger partial charge on any atom is -0.288 e. The summed E-state index contributed by atoms with van der Waals surface area (Å²) < 4.78 is 0. The van der Waals surface area contributed by atoms with E-state index in [0.29, 0.717) is 10.6 Å². The van der Waals surface area contributed by atoms with Crippen molar-refractivity contribution < 1.29 is 9.59 Å². The van der Waals surface area contributed by atoms with Gasteiger partial charge in [-0.05, 0) is 36.4 Å².